The van der Waals surface area contributed by atoms with Crippen molar-refractivity contribution in [3.05, 3.63) is 47.7 Å². The SMILES string of the molecule is C=C1C(=O)[C@@]2(C)CC[C@@H]3[C@]1(CC[C@H]1[C@@]3(C)CCC[C@@]1(C)C(=O)NCC(=O)OCCOc1no[n+]([O-])c1S(=O)(=O)c1ccccc1)C2. The Kier molecular flexibility index (Phi) is 7.85. The van der Waals surface area contributed by atoms with E-state index in [-0.39, 0.29) is 63.4 Å². The summed E-state index contributed by atoms with van der Waals surface area (Å²) in [4.78, 5) is 39.1. The van der Waals surface area contributed by atoms with Crippen LogP contribution in [-0.2, 0) is 29.0 Å². The van der Waals surface area contributed by atoms with Crippen molar-refractivity contribution in [2.45, 2.75) is 82.1 Å². The topological polar surface area (TPSA) is 169 Å². The number of esters is 1. The Labute approximate surface area is 268 Å². The molecule has 4 fully saturated rings. The fourth-order valence-electron chi connectivity index (χ4n) is 9.71. The highest BCUT2D eigenvalue weighted by Crippen LogP contribution is 2.74. The molecule has 13 heteroatoms. The molecule has 2 aromatic rings. The molecule has 4 aliphatic carbocycles. The maximum atomic E-state index is 13.7. The lowest BCUT2D eigenvalue weighted by Gasteiger charge is -2.64. The highest BCUT2D eigenvalue weighted by Gasteiger charge is 2.69. The van der Waals surface area contributed by atoms with E-state index in [1.807, 2.05) is 6.92 Å². The van der Waals surface area contributed by atoms with Crippen LogP contribution in [0.15, 0.2) is 57.0 Å². The molecule has 1 aromatic heterocycles. The molecular weight excluding hydrogens is 614 g/mol. The summed E-state index contributed by atoms with van der Waals surface area (Å²) in [6, 6.07) is 7.28. The predicted molar refractivity (Wildman–Crippen MR) is 162 cm³/mol. The summed E-state index contributed by atoms with van der Waals surface area (Å²) in [6.07, 6.45) is 6.96. The van der Waals surface area contributed by atoms with Gasteiger partial charge in [0.2, 0.25) is 5.91 Å². The third-order valence-corrected chi connectivity index (χ3v) is 13.5. The first-order valence-corrected chi connectivity index (χ1v) is 17.4. The number of fused-ring (bicyclic) bond motifs is 3. The highest BCUT2D eigenvalue weighted by atomic mass is 32.2. The number of allylic oxidation sites excluding steroid dienone is 1. The number of carbonyl (C=O) groups excluding carboxylic acids is 3. The molecule has 0 aliphatic heterocycles. The zero-order chi connectivity index (χ0) is 33.1. The highest BCUT2D eigenvalue weighted by molar-refractivity contribution is 7.91. The van der Waals surface area contributed by atoms with Gasteiger partial charge in [-0.25, -0.2) is 8.42 Å². The van der Waals surface area contributed by atoms with Crippen LogP contribution in [0.5, 0.6) is 5.88 Å². The third kappa shape index (κ3) is 4.84. The zero-order valence-electron chi connectivity index (χ0n) is 26.5. The van der Waals surface area contributed by atoms with Gasteiger partial charge in [0.05, 0.1) is 10.1 Å². The minimum atomic E-state index is -4.28. The fourth-order valence-corrected chi connectivity index (χ4v) is 11.0. The van der Waals surface area contributed by atoms with Gasteiger partial charge in [-0.05, 0) is 84.8 Å². The lowest BCUT2D eigenvalue weighted by Crippen LogP contribution is -2.60. The molecule has 4 saturated carbocycles. The van der Waals surface area contributed by atoms with Crippen LogP contribution < -0.4 is 15.0 Å². The molecule has 1 amide bonds. The summed E-state index contributed by atoms with van der Waals surface area (Å²) in [6.45, 7) is 9.79. The Hall–Kier alpha value is -3.74. The van der Waals surface area contributed by atoms with E-state index in [1.54, 1.807) is 6.07 Å². The number of rotatable bonds is 9. The van der Waals surface area contributed by atoms with E-state index in [0.29, 0.717) is 12.3 Å². The van der Waals surface area contributed by atoms with Gasteiger partial charge >= 0.3 is 16.9 Å². The second kappa shape index (κ2) is 11.2. The number of hydrogen-bond donors (Lipinski definition) is 1. The number of nitrogens with one attached hydrogen (secondary N) is 1. The number of hydrogen-bond acceptors (Lipinski definition) is 10. The molecule has 1 aromatic carbocycles. The molecule has 4 aliphatic rings. The molecule has 0 unspecified atom stereocenters. The number of ketones is 1. The first-order valence-electron chi connectivity index (χ1n) is 15.9. The number of ether oxygens (including phenoxy) is 2. The van der Waals surface area contributed by atoms with Crippen molar-refractivity contribution in [1.29, 1.82) is 0 Å². The van der Waals surface area contributed by atoms with E-state index < -0.39 is 32.1 Å². The lowest BCUT2D eigenvalue weighted by atomic mass is 9.40. The number of aromatic nitrogens is 2. The van der Waals surface area contributed by atoms with Crippen molar-refractivity contribution in [1.82, 2.24) is 10.5 Å². The van der Waals surface area contributed by atoms with E-state index >= 15 is 0 Å². The van der Waals surface area contributed by atoms with Gasteiger partial charge in [0, 0.05) is 16.2 Å². The van der Waals surface area contributed by atoms with Gasteiger partial charge in [0.15, 0.2) is 5.78 Å². The van der Waals surface area contributed by atoms with E-state index in [2.05, 4.69) is 35.5 Å². The number of amides is 1. The molecule has 0 saturated heterocycles. The number of sulfone groups is 1. The third-order valence-electron chi connectivity index (χ3n) is 11.8. The van der Waals surface area contributed by atoms with Crippen LogP contribution in [0.3, 0.4) is 0 Å². The molecule has 6 rings (SSSR count). The largest absolute Gasteiger partial charge is 0.461 e. The van der Waals surface area contributed by atoms with Gasteiger partial charge in [0.25, 0.3) is 9.84 Å². The first kappa shape index (κ1) is 32.2. The average molecular weight is 656 g/mol. The average Bonchev–Trinajstić information content (AvgIpc) is 3.47. The van der Waals surface area contributed by atoms with Crippen molar-refractivity contribution in [3.8, 4) is 5.88 Å². The second-order valence-electron chi connectivity index (χ2n) is 14.3. The van der Waals surface area contributed by atoms with Crippen molar-refractivity contribution in [2.24, 2.45) is 33.5 Å². The Morgan fingerprint density at radius 3 is 2.54 bits per heavy atom. The molecule has 46 heavy (non-hydrogen) atoms. The van der Waals surface area contributed by atoms with Gasteiger partial charge < -0.3 is 20.0 Å². The van der Waals surface area contributed by atoms with Gasteiger partial charge in [-0.15, -0.1) is 0 Å². The Bertz CT molecular complexity index is 1690. The summed E-state index contributed by atoms with van der Waals surface area (Å²) < 4.78 is 40.7. The molecule has 12 nitrogen and oxygen atoms in total. The minimum absolute atomic E-state index is 0.106. The molecule has 1 N–H and O–H groups in total. The summed E-state index contributed by atoms with van der Waals surface area (Å²) in [7, 11) is -4.28. The minimum Gasteiger partial charge on any atom is -0.461 e. The van der Waals surface area contributed by atoms with Gasteiger partial charge in [-0.3, -0.25) is 19.0 Å². The number of nitrogens with zero attached hydrogens (tertiary/aromatic N) is 2. The number of Topliss-reactive ketones (excluding diaryl/α,β-unsaturated/α-hetero) is 1. The van der Waals surface area contributed by atoms with Crippen molar-refractivity contribution in [2.75, 3.05) is 19.8 Å². The fraction of sp³-hybridized carbons (Fsp3) is 0.606. The summed E-state index contributed by atoms with van der Waals surface area (Å²) in [5, 5.41) is 17.4. The van der Waals surface area contributed by atoms with Crippen molar-refractivity contribution >= 4 is 27.5 Å². The molecule has 248 valence electrons. The first-order chi connectivity index (χ1) is 21.7. The molecular formula is C33H41N3O9S. The number of benzene rings is 1. The summed E-state index contributed by atoms with van der Waals surface area (Å²) >= 11 is 0. The normalized spacial score (nSPS) is 33.5. The van der Waals surface area contributed by atoms with Gasteiger partial charge in [0.1, 0.15) is 19.8 Å². The van der Waals surface area contributed by atoms with Gasteiger partial charge in [-0.2, -0.15) is 0 Å². The van der Waals surface area contributed by atoms with E-state index in [1.165, 1.54) is 24.3 Å². The predicted octanol–water partition coefficient (Wildman–Crippen LogP) is 3.72. The molecule has 2 bridgehead atoms. The maximum absolute atomic E-state index is 13.7. The zero-order valence-corrected chi connectivity index (χ0v) is 27.3. The van der Waals surface area contributed by atoms with Crippen molar-refractivity contribution in [3.63, 3.8) is 0 Å². The molecule has 0 radical (unpaired) electrons. The van der Waals surface area contributed by atoms with Crippen LogP contribution in [0.2, 0.25) is 0 Å². The van der Waals surface area contributed by atoms with E-state index in [4.69, 9.17) is 9.47 Å². The quantitative estimate of drug-likeness (QED) is 0.182. The second-order valence-corrected chi connectivity index (χ2v) is 16.1. The summed E-state index contributed by atoms with van der Waals surface area (Å²) in [5.41, 5.74) is -0.490. The van der Waals surface area contributed by atoms with Crippen LogP contribution in [0, 0.1) is 38.7 Å². The standard InChI is InChI=1S/C33H41N3O9S/c1-21-26(38)30(2)15-11-24-31(3)13-8-14-32(4,23(31)12-16-33(21,24)20-30)29(39)34-19-25(37)43-17-18-44-27-28(36(40)45-35-27)46(41,42)22-9-6-5-7-10-22/h5-7,9-10,23-24H,1,8,11-20H2,2-4H3,(H,34,39)/t23-,24-,30-,31+,32+,33+/m0/s1. The molecule has 1 spiro atoms. The Balaban J connectivity index is 1.04. The smallest absolute Gasteiger partial charge is 0.415 e. The van der Waals surface area contributed by atoms with Crippen LogP contribution in [0.4, 0.5) is 0 Å². The molecule has 1 heterocycles. The van der Waals surface area contributed by atoms with Crippen molar-refractivity contribution < 1.29 is 41.8 Å². The molecule has 6 atom stereocenters. The Morgan fingerprint density at radius 1 is 1.09 bits per heavy atom. The maximum Gasteiger partial charge on any atom is 0.415 e. The van der Waals surface area contributed by atoms with E-state index in [0.717, 1.165) is 50.5 Å². The van der Waals surface area contributed by atoms with Crippen LogP contribution in [-0.4, -0.2) is 51.0 Å². The van der Waals surface area contributed by atoms with Crippen LogP contribution in [0.25, 0.3) is 0 Å². The van der Waals surface area contributed by atoms with E-state index in [9.17, 15) is 28.0 Å². The van der Waals surface area contributed by atoms with Crippen LogP contribution in [0.1, 0.15) is 72.1 Å². The Morgan fingerprint density at radius 2 is 1.80 bits per heavy atom. The summed E-state index contributed by atoms with van der Waals surface area (Å²) in [5.74, 6) is -0.802. The monoisotopic (exact) mass is 655 g/mol. The van der Waals surface area contributed by atoms with Gasteiger partial charge in [-0.1, -0.05) is 52.0 Å². The number of carbonyl (C=O) groups is 3. The lowest BCUT2D eigenvalue weighted by molar-refractivity contribution is -0.832. The van der Waals surface area contributed by atoms with Crippen LogP contribution >= 0.6 is 0 Å².